The van der Waals surface area contributed by atoms with Crippen LogP contribution in [0.4, 0.5) is 5.82 Å². The van der Waals surface area contributed by atoms with E-state index in [1.165, 1.54) is 6.07 Å². The first-order valence-corrected chi connectivity index (χ1v) is 12.5. The van der Waals surface area contributed by atoms with Crippen LogP contribution >= 0.6 is 0 Å². The van der Waals surface area contributed by atoms with Crippen LogP contribution in [0.3, 0.4) is 0 Å². The molecule has 10 heteroatoms. The minimum absolute atomic E-state index is 0.0443. The van der Waals surface area contributed by atoms with Crippen molar-refractivity contribution >= 4 is 27.4 Å². The molecule has 4 rings (SSSR count). The molecule has 0 spiro atoms. The number of sulfonamides is 1. The predicted molar refractivity (Wildman–Crippen MR) is 130 cm³/mol. The maximum atomic E-state index is 13.0. The van der Waals surface area contributed by atoms with Crippen LogP contribution in [0.25, 0.3) is 0 Å². The maximum absolute atomic E-state index is 13.0. The third-order valence-corrected chi connectivity index (χ3v) is 7.52. The highest BCUT2D eigenvalue weighted by atomic mass is 32.2. The van der Waals surface area contributed by atoms with E-state index in [-0.39, 0.29) is 22.5 Å². The lowest BCUT2D eigenvalue weighted by Crippen LogP contribution is -2.53. The van der Waals surface area contributed by atoms with Gasteiger partial charge in [-0.1, -0.05) is 12.6 Å². The van der Waals surface area contributed by atoms with Crippen LogP contribution in [-0.2, 0) is 10.0 Å². The first kappa shape index (κ1) is 23.0. The number of nitrogens with one attached hydrogen (secondary N) is 4. The number of aromatic nitrogens is 1. The zero-order chi connectivity index (χ0) is 23.8. The van der Waals surface area contributed by atoms with Crippen molar-refractivity contribution in [1.29, 1.82) is 5.41 Å². The van der Waals surface area contributed by atoms with Crippen LogP contribution in [-0.4, -0.2) is 48.0 Å². The van der Waals surface area contributed by atoms with Gasteiger partial charge in [0.25, 0.3) is 10.0 Å². The molecule has 1 aromatic heterocycles. The van der Waals surface area contributed by atoms with E-state index in [1.54, 1.807) is 31.3 Å². The second-order valence-corrected chi connectivity index (χ2v) is 10.9. The molecule has 4 heterocycles. The van der Waals surface area contributed by atoms with E-state index in [0.29, 0.717) is 36.0 Å². The van der Waals surface area contributed by atoms with Crippen LogP contribution in [0.15, 0.2) is 64.7 Å². The number of aliphatic imine (C=N–C) groups is 1. The number of pyridine rings is 1. The predicted octanol–water partition coefficient (Wildman–Crippen LogP) is 2.94. The van der Waals surface area contributed by atoms with Gasteiger partial charge in [0.05, 0.1) is 5.92 Å². The van der Waals surface area contributed by atoms with E-state index in [0.717, 1.165) is 18.7 Å². The summed E-state index contributed by atoms with van der Waals surface area (Å²) in [6, 6.07) is 5.10. The monoisotopic (exact) mass is 469 g/mol. The van der Waals surface area contributed by atoms with Crippen molar-refractivity contribution in [2.75, 3.05) is 11.9 Å². The number of allylic oxidation sites excluding steroid dienone is 2. The Labute approximate surface area is 195 Å². The Balaban J connectivity index is 1.77. The number of anilines is 1. The van der Waals surface area contributed by atoms with Gasteiger partial charge in [-0.15, -0.1) is 0 Å². The molecule has 1 aromatic rings. The van der Waals surface area contributed by atoms with Gasteiger partial charge in [-0.05, 0) is 64.3 Å². The lowest BCUT2D eigenvalue weighted by Gasteiger charge is -2.42. The zero-order valence-electron chi connectivity index (χ0n) is 19.2. The molecule has 2 unspecified atom stereocenters. The molecule has 9 nitrogen and oxygen atoms in total. The van der Waals surface area contributed by atoms with Crippen molar-refractivity contribution in [2.45, 2.75) is 56.6 Å². The Morgan fingerprint density at radius 2 is 2.18 bits per heavy atom. The molecule has 0 amide bonds. The summed E-state index contributed by atoms with van der Waals surface area (Å²) in [5.41, 5.74) is 0.644. The summed E-state index contributed by atoms with van der Waals surface area (Å²) < 4.78 is 28.7. The minimum Gasteiger partial charge on any atom is -0.368 e. The summed E-state index contributed by atoms with van der Waals surface area (Å²) in [7, 11) is -3.88. The molecule has 3 aliphatic heterocycles. The molecule has 3 aliphatic rings. The van der Waals surface area contributed by atoms with E-state index < -0.39 is 10.0 Å². The molecule has 0 radical (unpaired) electrons. The Hall–Kier alpha value is -3.14. The number of amidine groups is 1. The van der Waals surface area contributed by atoms with Crippen molar-refractivity contribution in [3.8, 4) is 0 Å². The summed E-state index contributed by atoms with van der Waals surface area (Å²) in [6.45, 7) is 10.8. The number of nitrogens with zero attached hydrogens (tertiary/aromatic N) is 3. The van der Waals surface area contributed by atoms with Gasteiger partial charge in [0.2, 0.25) is 0 Å². The van der Waals surface area contributed by atoms with Crippen molar-refractivity contribution in [3.05, 3.63) is 54.6 Å². The molecule has 0 aromatic carbocycles. The number of rotatable bonds is 3. The molecule has 2 atom stereocenters. The summed E-state index contributed by atoms with van der Waals surface area (Å²) in [6.07, 6.45) is 7.78. The molecule has 176 valence electrons. The molecule has 1 fully saturated rings. The quantitative estimate of drug-likeness (QED) is 0.505. The fraction of sp³-hybridized carbons (Fsp3) is 0.435. The summed E-state index contributed by atoms with van der Waals surface area (Å²) in [5, 5.41) is 14.0. The number of hydrogen-bond acceptors (Lipinski definition) is 8. The normalized spacial score (nSPS) is 25.9. The van der Waals surface area contributed by atoms with E-state index in [9.17, 15) is 8.42 Å². The van der Waals surface area contributed by atoms with Gasteiger partial charge in [0.1, 0.15) is 17.5 Å². The summed E-state index contributed by atoms with van der Waals surface area (Å²) in [4.78, 5) is 11.6. The van der Waals surface area contributed by atoms with Gasteiger partial charge in [-0.25, -0.2) is 9.98 Å². The molecule has 2 bridgehead atoms. The highest BCUT2D eigenvalue weighted by molar-refractivity contribution is 7.89. The fourth-order valence-electron chi connectivity index (χ4n) is 4.58. The second-order valence-electron chi connectivity index (χ2n) is 9.26. The lowest BCUT2D eigenvalue weighted by molar-refractivity contribution is 0.226. The van der Waals surface area contributed by atoms with Crippen LogP contribution in [0.1, 0.15) is 40.0 Å². The highest BCUT2D eigenvalue weighted by Crippen LogP contribution is 2.38. The van der Waals surface area contributed by atoms with Crippen molar-refractivity contribution < 1.29 is 8.42 Å². The molecule has 0 aliphatic carbocycles. The van der Waals surface area contributed by atoms with Crippen molar-refractivity contribution in [2.24, 2.45) is 10.9 Å². The van der Waals surface area contributed by atoms with Crippen LogP contribution in [0.2, 0.25) is 0 Å². The van der Waals surface area contributed by atoms with E-state index in [2.05, 4.69) is 45.7 Å². The van der Waals surface area contributed by atoms with Gasteiger partial charge >= 0.3 is 0 Å². The second kappa shape index (κ2) is 8.66. The van der Waals surface area contributed by atoms with Gasteiger partial charge in [-0.2, -0.15) is 8.42 Å². The van der Waals surface area contributed by atoms with Gasteiger partial charge in [0.15, 0.2) is 5.03 Å². The third kappa shape index (κ3) is 4.80. The zero-order valence-corrected chi connectivity index (χ0v) is 20.0. The summed E-state index contributed by atoms with van der Waals surface area (Å²) in [5.74, 6) is 1.66. The van der Waals surface area contributed by atoms with E-state index >= 15 is 0 Å². The van der Waals surface area contributed by atoms with Gasteiger partial charge < -0.3 is 20.9 Å². The number of fused-ring (bicyclic) bond motifs is 5. The minimum atomic E-state index is -3.88. The van der Waals surface area contributed by atoms with E-state index in [1.807, 2.05) is 6.08 Å². The standard InChI is InChI=1S/C23H31N7O2S/c1-15(24)11-13-25-20-9-8-18-16(2)29-33(31,32)21-7-5-6-19(27-21)26-14-17-10-12-23(3,4)30(17)22(18)28-20/h5-7,9,11,13,17-18,24-25,29H,2,8,10,12,14H2,1,3-4H3,(H,26,27)/b13-11-,24-15?. The first-order chi connectivity index (χ1) is 15.6. The van der Waals surface area contributed by atoms with Crippen LogP contribution < -0.4 is 15.4 Å². The maximum Gasteiger partial charge on any atom is 0.279 e. The lowest BCUT2D eigenvalue weighted by atomic mass is 9.94. The van der Waals surface area contributed by atoms with Crippen molar-refractivity contribution in [3.63, 3.8) is 0 Å². The average Bonchev–Trinajstić information content (AvgIpc) is 3.05. The Morgan fingerprint density at radius 1 is 1.39 bits per heavy atom. The highest BCUT2D eigenvalue weighted by Gasteiger charge is 2.44. The third-order valence-electron chi connectivity index (χ3n) is 6.22. The average molecular weight is 470 g/mol. The topological polar surface area (TPSA) is 123 Å². The Bertz CT molecular complexity index is 1170. The first-order valence-electron chi connectivity index (χ1n) is 11.1. The van der Waals surface area contributed by atoms with E-state index in [4.69, 9.17) is 10.4 Å². The SMILES string of the molecule is C=C1NS(=O)(=O)c2cccc(n2)NCC2CCC(C)(C)N2C2=NC(N/C=C\C(C)=N)=CCC12. The van der Waals surface area contributed by atoms with Crippen LogP contribution in [0, 0.1) is 11.3 Å². The molecule has 1 saturated heterocycles. The molecule has 33 heavy (non-hydrogen) atoms. The summed E-state index contributed by atoms with van der Waals surface area (Å²) >= 11 is 0. The Morgan fingerprint density at radius 3 is 2.94 bits per heavy atom. The molecule has 4 N–H and O–H groups in total. The number of hydrogen-bond donors (Lipinski definition) is 4. The molecular formula is C23H31N7O2S. The molecular weight excluding hydrogens is 438 g/mol. The Kier molecular flexibility index (Phi) is 6.04. The largest absolute Gasteiger partial charge is 0.368 e. The fourth-order valence-corrected chi connectivity index (χ4v) is 5.65. The molecule has 0 saturated carbocycles. The van der Waals surface area contributed by atoms with Crippen molar-refractivity contribution in [1.82, 2.24) is 19.9 Å². The van der Waals surface area contributed by atoms with Gasteiger partial charge in [0, 0.05) is 35.7 Å². The smallest absolute Gasteiger partial charge is 0.279 e. The van der Waals surface area contributed by atoms with Gasteiger partial charge in [-0.3, -0.25) is 4.72 Å². The van der Waals surface area contributed by atoms with Crippen LogP contribution in [0.5, 0.6) is 0 Å².